The van der Waals surface area contributed by atoms with Crippen LogP contribution in [0.15, 0.2) is 46.9 Å². The lowest BCUT2D eigenvalue weighted by atomic mass is 9.73. The lowest BCUT2D eigenvalue weighted by Crippen LogP contribution is -2.51. The van der Waals surface area contributed by atoms with Gasteiger partial charge in [-0.15, -0.1) is 0 Å². The van der Waals surface area contributed by atoms with Crippen LogP contribution in [0.1, 0.15) is 53.8 Å². The third-order valence-corrected chi connectivity index (χ3v) is 7.91. The Balaban J connectivity index is 1.31. The number of benzene rings is 2. The number of amides is 2. The third-order valence-electron chi connectivity index (χ3n) is 7.91. The molecule has 7 heteroatoms. The summed E-state index contributed by atoms with van der Waals surface area (Å²) in [5.74, 6) is 0.748. The number of ether oxygens (including phenoxy) is 1. The monoisotopic (exact) mass is 492 g/mol. The van der Waals surface area contributed by atoms with Gasteiger partial charge in [0.2, 0.25) is 5.91 Å². The van der Waals surface area contributed by atoms with E-state index in [9.17, 15) is 14.0 Å². The molecule has 1 spiro atoms. The van der Waals surface area contributed by atoms with Crippen LogP contribution in [0.5, 0.6) is 5.75 Å². The minimum Gasteiger partial charge on any atom is -0.491 e. The molecule has 36 heavy (non-hydrogen) atoms. The van der Waals surface area contributed by atoms with E-state index in [1.165, 1.54) is 17.7 Å². The van der Waals surface area contributed by atoms with Gasteiger partial charge in [0.1, 0.15) is 23.8 Å². The molecule has 2 aliphatic heterocycles. The fourth-order valence-electron chi connectivity index (χ4n) is 5.68. The van der Waals surface area contributed by atoms with E-state index in [-0.39, 0.29) is 23.4 Å². The van der Waals surface area contributed by atoms with Crippen molar-refractivity contribution in [3.05, 3.63) is 65.2 Å². The van der Waals surface area contributed by atoms with Crippen molar-refractivity contribution in [3.63, 3.8) is 0 Å². The van der Waals surface area contributed by atoms with E-state index in [0.717, 1.165) is 31.4 Å². The maximum Gasteiger partial charge on any atom is 0.289 e. The summed E-state index contributed by atoms with van der Waals surface area (Å²) in [5, 5.41) is 0.617. The first kappa shape index (κ1) is 24.3. The van der Waals surface area contributed by atoms with E-state index >= 15 is 0 Å². The minimum absolute atomic E-state index is 0.141. The Bertz CT molecular complexity index is 1280. The number of carbonyl (C=O) groups is 2. The number of hydrogen-bond acceptors (Lipinski definition) is 4. The second-order valence-corrected chi connectivity index (χ2v) is 10.2. The number of aryl methyl sites for hydroxylation is 2. The van der Waals surface area contributed by atoms with Gasteiger partial charge in [0.15, 0.2) is 5.76 Å². The topological polar surface area (TPSA) is 63.0 Å². The summed E-state index contributed by atoms with van der Waals surface area (Å²) in [6.45, 7) is 3.73. The predicted molar refractivity (Wildman–Crippen MR) is 136 cm³/mol. The summed E-state index contributed by atoms with van der Waals surface area (Å²) in [6, 6.07) is 12.4. The normalized spacial score (nSPS) is 18.9. The molecule has 5 rings (SSSR count). The lowest BCUT2D eigenvalue weighted by molar-refractivity contribution is -0.144. The predicted octanol–water partition coefficient (Wildman–Crippen LogP) is 5.37. The molecule has 190 valence electrons. The molecule has 3 aromatic rings. The number of fused-ring (bicyclic) bond motifs is 2. The summed E-state index contributed by atoms with van der Waals surface area (Å²) in [5.41, 5.74) is 1.89. The Labute approximate surface area is 211 Å². The number of likely N-dealkylation sites (tertiary alicyclic amines) is 1. The van der Waals surface area contributed by atoms with Crippen molar-refractivity contribution in [1.29, 1.82) is 0 Å². The highest BCUT2D eigenvalue weighted by Crippen LogP contribution is 2.40. The van der Waals surface area contributed by atoms with Gasteiger partial charge in [0.05, 0.1) is 12.0 Å². The van der Waals surface area contributed by atoms with Crippen LogP contribution in [0.2, 0.25) is 0 Å². The molecular weight excluding hydrogens is 459 g/mol. The first-order chi connectivity index (χ1) is 17.4. The molecule has 2 amide bonds. The molecule has 1 saturated heterocycles. The van der Waals surface area contributed by atoms with Gasteiger partial charge in [-0.25, -0.2) is 4.39 Å². The van der Waals surface area contributed by atoms with Crippen molar-refractivity contribution in [2.24, 2.45) is 5.41 Å². The first-order valence-electron chi connectivity index (χ1n) is 12.8. The second-order valence-electron chi connectivity index (χ2n) is 10.2. The summed E-state index contributed by atoms with van der Waals surface area (Å²) in [4.78, 5) is 30.6. The van der Waals surface area contributed by atoms with Crippen LogP contribution in [-0.2, 0) is 11.2 Å². The number of piperidine rings is 1. The Morgan fingerprint density at radius 1 is 1.03 bits per heavy atom. The number of rotatable bonds is 1. The fraction of sp³-hybridized carbons (Fsp3) is 0.448. The van der Waals surface area contributed by atoms with Gasteiger partial charge in [-0.1, -0.05) is 24.6 Å². The zero-order chi connectivity index (χ0) is 25.3. The largest absolute Gasteiger partial charge is 0.491 e. The highest BCUT2D eigenvalue weighted by molar-refractivity contribution is 5.99. The molecule has 0 saturated carbocycles. The lowest BCUT2D eigenvalue weighted by Gasteiger charge is -2.42. The molecule has 0 bridgehead atoms. The SMILES string of the molecule is Cc1c(C(=O)N2CCC3(CCCCc4ccccc4OCCN(C)C3=O)CC2)oc2ccc(F)cc12. The summed E-state index contributed by atoms with van der Waals surface area (Å²) in [7, 11) is 1.85. The maximum absolute atomic E-state index is 13.7. The molecule has 0 atom stereocenters. The van der Waals surface area contributed by atoms with Crippen molar-refractivity contribution < 1.29 is 23.1 Å². The van der Waals surface area contributed by atoms with Gasteiger partial charge in [-0.05, 0) is 68.9 Å². The Morgan fingerprint density at radius 2 is 1.81 bits per heavy atom. The Hall–Kier alpha value is -3.35. The number of nitrogens with zero attached hydrogens (tertiary/aromatic N) is 2. The molecular formula is C29H33FN2O4. The van der Waals surface area contributed by atoms with Crippen molar-refractivity contribution in [1.82, 2.24) is 9.80 Å². The van der Waals surface area contributed by atoms with E-state index in [4.69, 9.17) is 9.15 Å². The molecule has 0 unspecified atom stereocenters. The van der Waals surface area contributed by atoms with Crippen molar-refractivity contribution in [3.8, 4) is 5.75 Å². The van der Waals surface area contributed by atoms with E-state index in [1.54, 1.807) is 22.8 Å². The molecule has 6 nitrogen and oxygen atoms in total. The van der Waals surface area contributed by atoms with Gasteiger partial charge >= 0.3 is 0 Å². The van der Waals surface area contributed by atoms with Gasteiger partial charge in [0, 0.05) is 31.1 Å². The second kappa shape index (κ2) is 9.96. The zero-order valence-electron chi connectivity index (χ0n) is 21.0. The summed E-state index contributed by atoms with van der Waals surface area (Å²) < 4.78 is 25.5. The molecule has 0 radical (unpaired) electrons. The first-order valence-corrected chi connectivity index (χ1v) is 12.8. The van der Waals surface area contributed by atoms with Crippen molar-refractivity contribution in [2.45, 2.75) is 45.4 Å². The van der Waals surface area contributed by atoms with E-state index in [0.29, 0.717) is 55.6 Å². The van der Waals surface area contributed by atoms with E-state index < -0.39 is 5.41 Å². The van der Waals surface area contributed by atoms with Gasteiger partial charge < -0.3 is 19.0 Å². The molecule has 0 N–H and O–H groups in total. The average molecular weight is 493 g/mol. The highest BCUT2D eigenvalue weighted by atomic mass is 19.1. The molecule has 2 aliphatic rings. The van der Waals surface area contributed by atoms with Crippen LogP contribution in [0.25, 0.3) is 11.0 Å². The summed E-state index contributed by atoms with van der Waals surface area (Å²) in [6.07, 6.45) is 4.89. The number of halogens is 1. The minimum atomic E-state index is -0.476. The molecule has 2 aromatic carbocycles. The van der Waals surface area contributed by atoms with E-state index in [1.807, 2.05) is 25.2 Å². The maximum atomic E-state index is 13.7. The quantitative estimate of drug-likeness (QED) is 0.458. The number of carbonyl (C=O) groups excluding carboxylic acids is 2. The van der Waals surface area contributed by atoms with Crippen LogP contribution in [-0.4, -0.2) is 54.9 Å². The standard InChI is InChI=1S/C29H33FN2O4/c1-20-23-19-22(30)10-11-25(23)36-26(20)27(33)32-15-13-29(14-16-32)12-6-5-8-21-7-3-4-9-24(21)35-18-17-31(2)28(29)34/h3-4,7,9-11,19H,5-6,8,12-18H2,1-2H3. The van der Waals surface area contributed by atoms with E-state index in [2.05, 4.69) is 6.07 Å². The average Bonchev–Trinajstić information content (AvgIpc) is 3.21. The zero-order valence-corrected chi connectivity index (χ0v) is 21.0. The van der Waals surface area contributed by atoms with Gasteiger partial charge in [-0.2, -0.15) is 0 Å². The van der Waals surface area contributed by atoms with Gasteiger partial charge in [0.25, 0.3) is 5.91 Å². The van der Waals surface area contributed by atoms with Gasteiger partial charge in [-0.3, -0.25) is 9.59 Å². The third kappa shape index (κ3) is 4.59. The smallest absolute Gasteiger partial charge is 0.289 e. The fourth-order valence-corrected chi connectivity index (χ4v) is 5.68. The van der Waals surface area contributed by atoms with Crippen LogP contribution in [0.3, 0.4) is 0 Å². The Morgan fingerprint density at radius 3 is 2.61 bits per heavy atom. The molecule has 1 aromatic heterocycles. The molecule has 1 fully saturated rings. The number of furan rings is 1. The van der Waals surface area contributed by atoms with Crippen molar-refractivity contribution >= 4 is 22.8 Å². The Kier molecular flexibility index (Phi) is 6.73. The summed E-state index contributed by atoms with van der Waals surface area (Å²) >= 11 is 0. The van der Waals surface area contributed by atoms with Crippen LogP contribution < -0.4 is 4.74 Å². The number of para-hydroxylation sites is 1. The highest BCUT2D eigenvalue weighted by Gasteiger charge is 2.43. The molecule has 0 aliphatic carbocycles. The van der Waals surface area contributed by atoms with Crippen molar-refractivity contribution in [2.75, 3.05) is 33.3 Å². The number of likely N-dealkylation sites (N-methyl/N-ethyl adjacent to an activating group) is 1. The van der Waals surface area contributed by atoms with Crippen LogP contribution >= 0.6 is 0 Å². The van der Waals surface area contributed by atoms with Crippen LogP contribution in [0, 0.1) is 18.2 Å². The molecule has 3 heterocycles. The number of hydrogen-bond donors (Lipinski definition) is 0. The van der Waals surface area contributed by atoms with Crippen LogP contribution in [0.4, 0.5) is 4.39 Å².